The van der Waals surface area contributed by atoms with Crippen molar-refractivity contribution in [1.82, 2.24) is 0 Å². The summed E-state index contributed by atoms with van der Waals surface area (Å²) in [5.41, 5.74) is 0. The average Bonchev–Trinajstić information content (AvgIpc) is 2.87. The standard InChI is InChI=1S/C32H66O.2Na.H2O4S/c1-3-5-7-9-11-13-15-17-19-21-23-25-27-29-31-33-32-30-28-26-24-22-20-18-16-14-12-10-8-6-4-2;;;1-5(2,3)4/h3-32H2,1-2H3;;;(H2,1,2,3,4)/q;2*+1;/p-2. The molecule has 0 heterocycles. The summed E-state index contributed by atoms with van der Waals surface area (Å²) in [5, 5.41) is 0. The van der Waals surface area contributed by atoms with Crippen LogP contribution in [0.2, 0.25) is 0 Å². The molecule has 0 saturated carbocycles. The van der Waals surface area contributed by atoms with Gasteiger partial charge in [-0.2, -0.15) is 0 Å². The van der Waals surface area contributed by atoms with E-state index in [2.05, 4.69) is 13.8 Å². The van der Waals surface area contributed by atoms with Crippen LogP contribution in [0.25, 0.3) is 0 Å². The monoisotopic (exact) mass is 608 g/mol. The molecular formula is C32H66Na2O5S. The Morgan fingerprint density at radius 1 is 0.375 bits per heavy atom. The Morgan fingerprint density at radius 2 is 0.525 bits per heavy atom. The van der Waals surface area contributed by atoms with Crippen LogP contribution in [-0.2, 0) is 15.1 Å². The smallest absolute Gasteiger partial charge is 0.759 e. The third-order valence-corrected chi connectivity index (χ3v) is 7.28. The molecule has 0 aliphatic rings. The second kappa shape index (κ2) is 43.0. The van der Waals surface area contributed by atoms with Crippen molar-refractivity contribution in [2.75, 3.05) is 13.2 Å². The maximum atomic E-state index is 8.52. The van der Waals surface area contributed by atoms with Crippen molar-refractivity contribution in [1.29, 1.82) is 0 Å². The van der Waals surface area contributed by atoms with Crippen LogP contribution in [0.5, 0.6) is 0 Å². The van der Waals surface area contributed by atoms with Crippen LogP contribution in [0, 0.1) is 0 Å². The Morgan fingerprint density at radius 3 is 0.700 bits per heavy atom. The molecule has 0 rings (SSSR count). The Kier molecular flexibility index (Phi) is 52.3. The Labute approximate surface area is 296 Å². The largest absolute Gasteiger partial charge is 1.00 e. The van der Waals surface area contributed by atoms with Crippen LogP contribution >= 0.6 is 0 Å². The third kappa shape index (κ3) is 59.3. The maximum absolute atomic E-state index is 8.52. The van der Waals surface area contributed by atoms with Crippen molar-refractivity contribution in [3.05, 3.63) is 0 Å². The first-order chi connectivity index (χ1) is 18.4. The van der Waals surface area contributed by atoms with Gasteiger partial charge in [0.05, 0.1) is 0 Å². The van der Waals surface area contributed by atoms with Crippen LogP contribution in [0.4, 0.5) is 0 Å². The summed E-state index contributed by atoms with van der Waals surface area (Å²) in [6.07, 6.45) is 40.1. The topological polar surface area (TPSA) is 89.5 Å². The normalized spacial score (nSPS) is 10.9. The van der Waals surface area contributed by atoms with Gasteiger partial charge in [-0.05, 0) is 12.8 Å². The van der Waals surface area contributed by atoms with Crippen LogP contribution in [-0.4, -0.2) is 30.7 Å². The molecule has 0 fully saturated rings. The predicted octanol–water partition coefficient (Wildman–Crippen LogP) is 4.64. The van der Waals surface area contributed by atoms with E-state index in [1.807, 2.05) is 0 Å². The minimum atomic E-state index is -5.17. The molecule has 0 aliphatic carbocycles. The summed E-state index contributed by atoms with van der Waals surface area (Å²) >= 11 is 0. The number of rotatable bonds is 30. The summed E-state index contributed by atoms with van der Waals surface area (Å²) in [6, 6.07) is 0. The number of ether oxygens (including phenoxy) is 1. The van der Waals surface area contributed by atoms with Gasteiger partial charge in [0, 0.05) is 23.6 Å². The fraction of sp³-hybridized carbons (Fsp3) is 1.00. The molecule has 0 saturated heterocycles. The van der Waals surface area contributed by atoms with Gasteiger partial charge in [0.15, 0.2) is 0 Å². The minimum absolute atomic E-state index is 0. The van der Waals surface area contributed by atoms with Gasteiger partial charge in [-0.1, -0.05) is 181 Å². The summed E-state index contributed by atoms with van der Waals surface area (Å²) in [5.74, 6) is 0. The van der Waals surface area contributed by atoms with E-state index in [4.69, 9.17) is 22.3 Å². The van der Waals surface area contributed by atoms with Crippen molar-refractivity contribution in [3.8, 4) is 0 Å². The first-order valence-corrected chi connectivity index (χ1v) is 18.0. The average molecular weight is 609 g/mol. The van der Waals surface area contributed by atoms with E-state index in [0.29, 0.717) is 0 Å². The zero-order chi connectivity index (χ0) is 28.4. The zero-order valence-corrected chi connectivity index (χ0v) is 32.5. The van der Waals surface area contributed by atoms with E-state index in [1.54, 1.807) is 0 Å². The number of unbranched alkanes of at least 4 members (excludes halogenated alkanes) is 26. The van der Waals surface area contributed by atoms with Crippen molar-refractivity contribution < 1.29 is 81.4 Å². The van der Waals surface area contributed by atoms with Crippen LogP contribution in [0.1, 0.15) is 194 Å². The maximum Gasteiger partial charge on any atom is 1.00 e. The first kappa shape index (κ1) is 48.7. The zero-order valence-electron chi connectivity index (χ0n) is 27.7. The molecule has 0 aromatic heterocycles. The van der Waals surface area contributed by atoms with E-state index < -0.39 is 10.4 Å². The molecule has 5 nitrogen and oxygen atoms in total. The van der Waals surface area contributed by atoms with Gasteiger partial charge in [-0.15, -0.1) is 0 Å². The minimum Gasteiger partial charge on any atom is -0.759 e. The second-order valence-corrected chi connectivity index (χ2v) is 12.0. The van der Waals surface area contributed by atoms with E-state index in [0.717, 1.165) is 13.2 Å². The van der Waals surface area contributed by atoms with Gasteiger partial charge in [0.25, 0.3) is 0 Å². The van der Waals surface area contributed by atoms with Gasteiger partial charge in [0.2, 0.25) is 0 Å². The predicted molar refractivity (Wildman–Crippen MR) is 162 cm³/mol. The molecule has 0 atom stereocenters. The Bertz CT molecular complexity index is 483. The van der Waals surface area contributed by atoms with Crippen LogP contribution < -0.4 is 59.1 Å². The Hall–Kier alpha value is 1.83. The molecule has 0 aromatic rings. The van der Waals surface area contributed by atoms with Crippen molar-refractivity contribution >= 4 is 10.4 Å². The summed E-state index contributed by atoms with van der Waals surface area (Å²) in [7, 11) is -5.17. The quantitative estimate of drug-likeness (QED) is 0.0513. The van der Waals surface area contributed by atoms with Crippen molar-refractivity contribution in [3.63, 3.8) is 0 Å². The molecular weight excluding hydrogens is 542 g/mol. The molecule has 0 aliphatic heterocycles. The second-order valence-electron chi connectivity index (χ2n) is 11.2. The van der Waals surface area contributed by atoms with E-state index in [9.17, 15) is 0 Å². The first-order valence-electron chi connectivity index (χ1n) is 16.7. The van der Waals surface area contributed by atoms with Crippen LogP contribution in [0.15, 0.2) is 0 Å². The van der Waals surface area contributed by atoms with Gasteiger partial charge >= 0.3 is 59.1 Å². The molecule has 0 amide bonds. The molecule has 0 spiro atoms. The van der Waals surface area contributed by atoms with E-state index >= 15 is 0 Å². The fourth-order valence-electron chi connectivity index (χ4n) is 4.90. The SMILES string of the molecule is CCCCCCCCCCCCCCCCOCCCCCCCCCCCCCCCC.O=S(=O)([O-])[O-].[Na+].[Na+]. The molecule has 0 radical (unpaired) electrons. The molecule has 40 heavy (non-hydrogen) atoms. The van der Waals surface area contributed by atoms with Crippen LogP contribution in [0.3, 0.4) is 0 Å². The van der Waals surface area contributed by atoms with E-state index in [1.165, 1.54) is 180 Å². The number of hydrogen-bond acceptors (Lipinski definition) is 5. The van der Waals surface area contributed by atoms with Gasteiger partial charge in [-0.3, -0.25) is 8.42 Å². The number of hydrogen-bond donors (Lipinski definition) is 0. The summed E-state index contributed by atoms with van der Waals surface area (Å²) < 4.78 is 39.9. The van der Waals surface area contributed by atoms with Gasteiger partial charge < -0.3 is 13.8 Å². The molecule has 0 unspecified atom stereocenters. The molecule has 0 bridgehead atoms. The molecule has 8 heteroatoms. The Balaban J connectivity index is -0.000000843. The summed E-state index contributed by atoms with van der Waals surface area (Å²) in [4.78, 5) is 0. The van der Waals surface area contributed by atoms with Crippen molar-refractivity contribution in [2.45, 2.75) is 194 Å². The molecule has 0 N–H and O–H groups in total. The van der Waals surface area contributed by atoms with Crippen molar-refractivity contribution in [2.24, 2.45) is 0 Å². The molecule has 232 valence electrons. The van der Waals surface area contributed by atoms with E-state index in [-0.39, 0.29) is 59.1 Å². The third-order valence-electron chi connectivity index (χ3n) is 7.28. The summed E-state index contributed by atoms with van der Waals surface area (Å²) in [6.45, 7) is 6.59. The molecule has 0 aromatic carbocycles. The van der Waals surface area contributed by atoms with Gasteiger partial charge in [-0.25, -0.2) is 0 Å². The van der Waals surface area contributed by atoms with Gasteiger partial charge in [0.1, 0.15) is 0 Å². The fourth-order valence-corrected chi connectivity index (χ4v) is 4.90.